The first-order valence-electron chi connectivity index (χ1n) is 4.96. The summed E-state index contributed by atoms with van der Waals surface area (Å²) in [4.78, 5) is 11.5. The molecule has 0 rings (SSSR count). The maximum atomic E-state index is 13.3. The Bertz CT molecular complexity index is 589. The minimum Gasteiger partial charge on any atom is -0.478 e. The highest BCUT2D eigenvalue weighted by Crippen LogP contribution is 2.58. The Hall–Kier alpha value is -2.25. The van der Waals surface area contributed by atoms with Crippen LogP contribution in [0.2, 0.25) is 0 Å². The summed E-state index contributed by atoms with van der Waals surface area (Å²) in [5.74, 6) is -32.1. The summed E-state index contributed by atoms with van der Waals surface area (Å²) < 4.78 is 139. The molecule has 0 aromatic rings. The molecule has 1 N–H and O–H groups in total. The van der Waals surface area contributed by atoms with Gasteiger partial charge in [0.25, 0.3) is 0 Å². The Kier molecular flexibility index (Phi) is 5.43. The van der Waals surface area contributed by atoms with E-state index in [9.17, 15) is 53.1 Å². The van der Waals surface area contributed by atoms with Gasteiger partial charge in [-0.2, -0.15) is 48.3 Å². The van der Waals surface area contributed by atoms with E-state index in [0.29, 0.717) is 0 Å². The molecule has 0 spiro atoms. The lowest BCUT2D eigenvalue weighted by atomic mass is 9.96. The number of nitrogens with zero attached hydrogens (tertiary/aromatic N) is 3. The van der Waals surface area contributed by atoms with Crippen molar-refractivity contribution in [3.05, 3.63) is 22.2 Å². The molecule has 0 amide bonds. The van der Waals surface area contributed by atoms with Crippen LogP contribution in [0.4, 0.5) is 48.3 Å². The van der Waals surface area contributed by atoms with Crippen molar-refractivity contribution in [2.75, 3.05) is 0 Å². The Morgan fingerprint density at radius 3 is 1.58 bits per heavy atom. The summed E-state index contributed by atoms with van der Waals surface area (Å²) in [6, 6.07) is 0. The van der Waals surface area contributed by atoms with E-state index >= 15 is 0 Å². The number of carboxylic acid groups (broad SMARTS) is 1. The molecule has 0 aliphatic carbocycles. The van der Waals surface area contributed by atoms with Gasteiger partial charge in [-0.3, -0.25) is 0 Å². The van der Waals surface area contributed by atoms with Crippen LogP contribution >= 0.6 is 0 Å². The van der Waals surface area contributed by atoms with Crippen molar-refractivity contribution in [1.82, 2.24) is 0 Å². The highest BCUT2D eigenvalue weighted by Gasteiger charge is 2.87. The topological polar surface area (TPSA) is 86.1 Å². The smallest absolute Gasteiger partial charge is 0.460 e. The maximum absolute atomic E-state index is 13.3. The summed E-state index contributed by atoms with van der Waals surface area (Å²) in [7, 11) is 0. The minimum atomic E-state index is -7.73. The SMILES string of the molecule is [N-]=[N+]=N/C(=C\C(=O)O)C(F)(F)C(F)(F)C(F)(F)C(F)(F)C(F)(F)F. The van der Waals surface area contributed by atoms with E-state index in [4.69, 9.17) is 10.6 Å². The number of carbonyl (C=O) groups is 1. The number of rotatable bonds is 6. The van der Waals surface area contributed by atoms with E-state index in [1.807, 2.05) is 0 Å². The Labute approximate surface area is 123 Å². The second-order valence-electron chi connectivity index (χ2n) is 3.85. The van der Waals surface area contributed by atoms with Crippen LogP contribution in [0, 0.1) is 0 Å². The summed E-state index contributed by atoms with van der Waals surface area (Å²) in [6.45, 7) is 0. The normalized spacial score (nSPS) is 15.0. The Balaban J connectivity index is 6.48. The van der Waals surface area contributed by atoms with Crippen molar-refractivity contribution < 1.29 is 58.2 Å². The number of carboxylic acids is 1. The van der Waals surface area contributed by atoms with E-state index in [1.165, 1.54) is 4.91 Å². The predicted octanol–water partition coefficient (Wildman–Crippen LogP) is 4.37. The van der Waals surface area contributed by atoms with Crippen LogP contribution in [0.3, 0.4) is 0 Å². The summed E-state index contributed by atoms with van der Waals surface area (Å²) in [5.41, 5.74) is 4.79. The third-order valence-corrected chi connectivity index (χ3v) is 2.27. The highest BCUT2D eigenvalue weighted by atomic mass is 19.4. The van der Waals surface area contributed by atoms with Crippen molar-refractivity contribution in [3.8, 4) is 0 Å². The third-order valence-electron chi connectivity index (χ3n) is 2.27. The van der Waals surface area contributed by atoms with Gasteiger partial charge in [0.05, 0.1) is 5.70 Å². The first-order chi connectivity index (χ1) is 10.4. The standard InChI is InChI=1S/C8H2F11N3O2/c9-4(10,2(21-22-20)1-3(23)24)5(11,12)6(13,14)7(15,16)8(17,18)19/h1H,(H,23,24)/b2-1-. The van der Waals surface area contributed by atoms with Crippen molar-refractivity contribution in [3.63, 3.8) is 0 Å². The molecule has 0 aliphatic rings. The van der Waals surface area contributed by atoms with Gasteiger partial charge in [-0.15, -0.1) is 0 Å². The van der Waals surface area contributed by atoms with E-state index < -0.39 is 47.6 Å². The van der Waals surface area contributed by atoms with Crippen molar-refractivity contribution in [2.24, 2.45) is 5.11 Å². The fourth-order valence-electron chi connectivity index (χ4n) is 1.08. The molecule has 5 nitrogen and oxygen atoms in total. The van der Waals surface area contributed by atoms with Crippen LogP contribution in [0.1, 0.15) is 0 Å². The molecule has 138 valence electrons. The fourth-order valence-corrected chi connectivity index (χ4v) is 1.08. The van der Waals surface area contributed by atoms with E-state index in [-0.39, 0.29) is 0 Å². The summed E-state index contributed by atoms with van der Waals surface area (Å²) >= 11 is 0. The number of hydrogen-bond acceptors (Lipinski definition) is 2. The molecular weight excluding hydrogens is 379 g/mol. The molecule has 0 heterocycles. The lowest BCUT2D eigenvalue weighted by molar-refractivity contribution is -0.418. The van der Waals surface area contributed by atoms with Crippen molar-refractivity contribution in [1.29, 1.82) is 0 Å². The molecular formula is C8H2F11N3O2. The molecule has 16 heteroatoms. The van der Waals surface area contributed by atoms with Crippen LogP contribution in [0.5, 0.6) is 0 Å². The zero-order valence-corrected chi connectivity index (χ0v) is 10.4. The zero-order valence-electron chi connectivity index (χ0n) is 10.4. The van der Waals surface area contributed by atoms with Gasteiger partial charge >= 0.3 is 35.8 Å². The van der Waals surface area contributed by atoms with Gasteiger partial charge in [-0.05, 0) is 5.53 Å². The molecule has 0 aromatic heterocycles. The molecule has 0 atom stereocenters. The average Bonchev–Trinajstić information content (AvgIpc) is 2.35. The van der Waals surface area contributed by atoms with E-state index in [0.717, 1.165) is 0 Å². The molecule has 24 heavy (non-hydrogen) atoms. The average molecular weight is 381 g/mol. The van der Waals surface area contributed by atoms with Gasteiger partial charge < -0.3 is 5.11 Å². The molecule has 0 saturated carbocycles. The first-order valence-corrected chi connectivity index (χ1v) is 4.96. The molecule has 0 aliphatic heterocycles. The van der Waals surface area contributed by atoms with Crippen LogP contribution < -0.4 is 0 Å². The number of allylic oxidation sites excluding steroid dienone is 1. The van der Waals surface area contributed by atoms with Gasteiger partial charge in [-0.1, -0.05) is 5.11 Å². The first kappa shape index (κ1) is 21.8. The molecule has 0 unspecified atom stereocenters. The van der Waals surface area contributed by atoms with Crippen LogP contribution in [0.15, 0.2) is 16.9 Å². The fraction of sp³-hybridized carbons (Fsp3) is 0.625. The number of hydrogen-bond donors (Lipinski definition) is 1. The minimum absolute atomic E-state index is 1.06. The lowest BCUT2D eigenvalue weighted by Gasteiger charge is -2.37. The summed E-state index contributed by atoms with van der Waals surface area (Å²) in [5, 5.41) is 9.71. The number of azide groups is 1. The van der Waals surface area contributed by atoms with Crippen LogP contribution in [0.25, 0.3) is 10.4 Å². The number of aliphatic carboxylic acids is 1. The zero-order chi connectivity index (χ0) is 19.8. The monoisotopic (exact) mass is 381 g/mol. The van der Waals surface area contributed by atoms with Crippen LogP contribution in [-0.4, -0.2) is 40.9 Å². The molecule has 0 bridgehead atoms. The quantitative estimate of drug-likeness (QED) is 0.244. The molecule has 0 radical (unpaired) electrons. The van der Waals surface area contributed by atoms with Crippen molar-refractivity contribution in [2.45, 2.75) is 29.9 Å². The molecule has 0 saturated heterocycles. The predicted molar refractivity (Wildman–Crippen MR) is 50.7 cm³/mol. The van der Waals surface area contributed by atoms with Gasteiger partial charge in [0.1, 0.15) is 0 Å². The Morgan fingerprint density at radius 1 is 0.875 bits per heavy atom. The second kappa shape index (κ2) is 5.99. The van der Waals surface area contributed by atoms with E-state index in [1.54, 1.807) is 5.11 Å². The lowest BCUT2D eigenvalue weighted by Crippen LogP contribution is -2.66. The maximum Gasteiger partial charge on any atom is 0.460 e. The number of halogens is 11. The van der Waals surface area contributed by atoms with Gasteiger partial charge in [0, 0.05) is 11.0 Å². The molecule has 0 fully saturated rings. The van der Waals surface area contributed by atoms with E-state index in [2.05, 4.69) is 0 Å². The summed E-state index contributed by atoms with van der Waals surface area (Å²) in [6.07, 6.45) is -8.42. The molecule has 0 aromatic carbocycles. The largest absolute Gasteiger partial charge is 0.478 e. The number of alkyl halides is 11. The Morgan fingerprint density at radius 2 is 1.29 bits per heavy atom. The second-order valence-corrected chi connectivity index (χ2v) is 3.85. The third kappa shape index (κ3) is 3.18. The van der Waals surface area contributed by atoms with Gasteiger partial charge in [-0.25, -0.2) is 4.79 Å². The van der Waals surface area contributed by atoms with Crippen molar-refractivity contribution >= 4 is 5.97 Å². The van der Waals surface area contributed by atoms with Crippen LogP contribution in [-0.2, 0) is 4.79 Å². The van der Waals surface area contributed by atoms with Gasteiger partial charge in [0.15, 0.2) is 0 Å². The van der Waals surface area contributed by atoms with Gasteiger partial charge in [0.2, 0.25) is 0 Å². The highest BCUT2D eigenvalue weighted by molar-refractivity contribution is 5.81.